The van der Waals surface area contributed by atoms with Crippen LogP contribution in [0.3, 0.4) is 0 Å². The van der Waals surface area contributed by atoms with Crippen LogP contribution in [-0.4, -0.2) is 33.2 Å². The predicted octanol–water partition coefficient (Wildman–Crippen LogP) is 3.84. The molecule has 1 aliphatic rings. The van der Waals surface area contributed by atoms with Crippen LogP contribution in [0.15, 0.2) is 30.3 Å². The minimum Gasteiger partial charge on any atom is -0.481 e. The van der Waals surface area contributed by atoms with Crippen LogP contribution in [0.4, 0.5) is 0 Å². The van der Waals surface area contributed by atoms with Crippen molar-refractivity contribution in [1.29, 1.82) is 0 Å². The maximum absolute atomic E-state index is 12.6. The van der Waals surface area contributed by atoms with E-state index in [4.69, 9.17) is 0 Å². The summed E-state index contributed by atoms with van der Waals surface area (Å²) >= 11 is 0. The van der Waals surface area contributed by atoms with Crippen LogP contribution in [0.2, 0.25) is 0 Å². The van der Waals surface area contributed by atoms with Crippen molar-refractivity contribution in [3.05, 3.63) is 35.9 Å². The molecule has 0 aliphatic heterocycles. The lowest BCUT2D eigenvalue weighted by atomic mass is 9.48. The van der Waals surface area contributed by atoms with Gasteiger partial charge in [0.1, 0.15) is 0 Å². The smallest absolute Gasteiger partial charge is 0.311 e. The molecule has 0 radical (unpaired) electrons. The van der Waals surface area contributed by atoms with Gasteiger partial charge >= 0.3 is 17.9 Å². The van der Waals surface area contributed by atoms with Crippen molar-refractivity contribution in [2.75, 3.05) is 0 Å². The average molecular weight is 376 g/mol. The van der Waals surface area contributed by atoms with Crippen molar-refractivity contribution in [1.82, 2.24) is 0 Å². The van der Waals surface area contributed by atoms with Gasteiger partial charge in [0.25, 0.3) is 0 Å². The number of carbonyl (C=O) groups is 3. The summed E-state index contributed by atoms with van der Waals surface area (Å²) < 4.78 is 0. The first-order valence-corrected chi connectivity index (χ1v) is 9.52. The summed E-state index contributed by atoms with van der Waals surface area (Å²) in [6.45, 7) is 1.87. The van der Waals surface area contributed by atoms with Crippen molar-refractivity contribution in [2.45, 2.75) is 58.3 Å². The molecule has 3 N–H and O–H groups in total. The lowest BCUT2D eigenvalue weighted by Crippen LogP contribution is -2.59. The molecule has 0 amide bonds. The minimum atomic E-state index is -1.60. The maximum atomic E-state index is 12.6. The molecule has 0 heterocycles. The number of hydrogen-bond acceptors (Lipinski definition) is 3. The summed E-state index contributed by atoms with van der Waals surface area (Å²) in [7, 11) is 0. The van der Waals surface area contributed by atoms with Crippen LogP contribution < -0.4 is 0 Å². The summed E-state index contributed by atoms with van der Waals surface area (Å²) in [6.07, 6.45) is 2.40. The van der Waals surface area contributed by atoms with Crippen LogP contribution in [0.25, 0.3) is 0 Å². The Hall–Kier alpha value is -2.37. The molecule has 3 atom stereocenters. The predicted molar refractivity (Wildman–Crippen MR) is 99.4 cm³/mol. The van der Waals surface area contributed by atoms with Gasteiger partial charge in [-0.15, -0.1) is 0 Å². The Balaban J connectivity index is 2.65. The Labute approximate surface area is 159 Å². The molecule has 1 aromatic rings. The van der Waals surface area contributed by atoms with Crippen LogP contribution >= 0.6 is 0 Å². The lowest BCUT2D eigenvalue weighted by molar-refractivity contribution is -0.189. The fraction of sp³-hybridized carbons (Fsp3) is 0.571. The van der Waals surface area contributed by atoms with E-state index in [2.05, 4.69) is 0 Å². The molecular weight excluding hydrogens is 348 g/mol. The van der Waals surface area contributed by atoms with E-state index < -0.39 is 34.7 Å². The lowest BCUT2D eigenvalue weighted by Gasteiger charge is -2.52. The van der Waals surface area contributed by atoms with Crippen molar-refractivity contribution in [2.24, 2.45) is 16.7 Å². The molecule has 27 heavy (non-hydrogen) atoms. The molecule has 1 fully saturated rings. The topological polar surface area (TPSA) is 112 Å². The van der Waals surface area contributed by atoms with Gasteiger partial charge in [-0.2, -0.15) is 0 Å². The molecule has 1 aliphatic carbocycles. The summed E-state index contributed by atoms with van der Waals surface area (Å²) in [4.78, 5) is 36.7. The van der Waals surface area contributed by atoms with Crippen molar-refractivity contribution in [3.63, 3.8) is 0 Å². The minimum absolute atomic E-state index is 0.0926. The van der Waals surface area contributed by atoms with E-state index in [0.29, 0.717) is 25.7 Å². The average Bonchev–Trinajstić information content (AvgIpc) is 2.62. The number of carboxylic acid groups (broad SMARTS) is 3. The first-order chi connectivity index (χ1) is 12.8. The van der Waals surface area contributed by atoms with E-state index >= 15 is 0 Å². The Bertz CT molecular complexity index is 685. The van der Waals surface area contributed by atoms with E-state index in [1.807, 2.05) is 13.0 Å². The number of carboxylic acids is 3. The zero-order valence-corrected chi connectivity index (χ0v) is 15.7. The van der Waals surface area contributed by atoms with Gasteiger partial charge in [0, 0.05) is 6.42 Å². The Morgan fingerprint density at radius 2 is 1.63 bits per heavy atom. The van der Waals surface area contributed by atoms with Gasteiger partial charge in [0.05, 0.1) is 10.8 Å². The van der Waals surface area contributed by atoms with E-state index in [0.717, 1.165) is 5.56 Å². The molecule has 1 aromatic carbocycles. The molecule has 148 valence electrons. The van der Waals surface area contributed by atoms with Crippen LogP contribution in [0.1, 0.15) is 57.4 Å². The fourth-order valence-electron chi connectivity index (χ4n) is 5.02. The van der Waals surface area contributed by atoms with Gasteiger partial charge in [-0.1, -0.05) is 56.5 Å². The second-order valence-electron chi connectivity index (χ2n) is 7.62. The highest BCUT2D eigenvalue weighted by molar-refractivity contribution is 5.88. The largest absolute Gasteiger partial charge is 0.481 e. The zero-order valence-electron chi connectivity index (χ0n) is 15.7. The quantitative estimate of drug-likeness (QED) is 0.604. The SMILES string of the molecule is CCCC(CC(=O)O)C1(C(=O)O)CCCCC1(Cc1ccccc1)C(=O)O. The summed E-state index contributed by atoms with van der Waals surface area (Å²) in [5, 5.41) is 30.0. The van der Waals surface area contributed by atoms with E-state index in [1.54, 1.807) is 24.3 Å². The van der Waals surface area contributed by atoms with Gasteiger partial charge in [-0.25, -0.2) is 0 Å². The normalized spacial score (nSPS) is 26.3. The van der Waals surface area contributed by atoms with Crippen molar-refractivity contribution >= 4 is 17.9 Å². The van der Waals surface area contributed by atoms with Crippen molar-refractivity contribution in [3.8, 4) is 0 Å². The molecule has 1 saturated carbocycles. The zero-order chi connectivity index (χ0) is 20.1. The van der Waals surface area contributed by atoms with Gasteiger partial charge in [-0.3, -0.25) is 14.4 Å². The number of benzene rings is 1. The third-order valence-corrected chi connectivity index (χ3v) is 6.17. The highest BCUT2D eigenvalue weighted by atomic mass is 16.4. The molecule has 0 spiro atoms. The second kappa shape index (κ2) is 8.55. The number of rotatable bonds is 9. The third kappa shape index (κ3) is 3.84. The molecule has 0 aromatic heterocycles. The maximum Gasteiger partial charge on any atom is 0.311 e. The summed E-state index contributed by atoms with van der Waals surface area (Å²) in [6, 6.07) is 9.04. The van der Waals surface area contributed by atoms with Crippen LogP contribution in [0, 0.1) is 16.7 Å². The van der Waals surface area contributed by atoms with Gasteiger partial charge in [-0.05, 0) is 37.2 Å². The molecule has 6 heteroatoms. The summed E-state index contributed by atoms with van der Waals surface area (Å²) in [5.74, 6) is -4.13. The van der Waals surface area contributed by atoms with Gasteiger partial charge < -0.3 is 15.3 Å². The van der Waals surface area contributed by atoms with Crippen LogP contribution in [-0.2, 0) is 20.8 Å². The third-order valence-electron chi connectivity index (χ3n) is 6.17. The Morgan fingerprint density at radius 1 is 1.00 bits per heavy atom. The van der Waals surface area contributed by atoms with Gasteiger partial charge in [0.15, 0.2) is 0 Å². The van der Waals surface area contributed by atoms with E-state index in [-0.39, 0.29) is 25.7 Å². The number of aliphatic carboxylic acids is 3. The molecule has 0 bridgehead atoms. The Morgan fingerprint density at radius 3 is 2.15 bits per heavy atom. The fourth-order valence-corrected chi connectivity index (χ4v) is 5.02. The Kier molecular flexibility index (Phi) is 6.63. The van der Waals surface area contributed by atoms with Crippen molar-refractivity contribution < 1.29 is 29.7 Å². The van der Waals surface area contributed by atoms with E-state index in [1.165, 1.54) is 0 Å². The first kappa shape index (κ1) is 20.9. The molecule has 0 saturated heterocycles. The van der Waals surface area contributed by atoms with E-state index in [9.17, 15) is 29.7 Å². The number of hydrogen-bond donors (Lipinski definition) is 3. The molecule has 2 rings (SSSR count). The first-order valence-electron chi connectivity index (χ1n) is 9.52. The second-order valence-corrected chi connectivity index (χ2v) is 7.62. The van der Waals surface area contributed by atoms with Gasteiger partial charge in [0.2, 0.25) is 0 Å². The highest BCUT2D eigenvalue weighted by Gasteiger charge is 2.65. The van der Waals surface area contributed by atoms with Crippen LogP contribution in [0.5, 0.6) is 0 Å². The molecular formula is C21H28O6. The summed E-state index contributed by atoms with van der Waals surface area (Å²) in [5.41, 5.74) is -2.35. The molecule has 3 unspecified atom stereocenters. The monoisotopic (exact) mass is 376 g/mol. The standard InChI is InChI=1S/C21H28O6/c1-2-8-16(13-17(22)23)21(19(26)27)12-7-6-11-20(21,18(24)25)14-15-9-4-3-5-10-15/h3-5,9-10,16H,2,6-8,11-14H2,1H3,(H,22,23)(H,24,25)(H,26,27). The highest BCUT2D eigenvalue weighted by Crippen LogP contribution is 2.59. The molecule has 6 nitrogen and oxygen atoms in total.